The van der Waals surface area contributed by atoms with Gasteiger partial charge in [-0.15, -0.1) is 11.3 Å². The fraction of sp³-hybridized carbons (Fsp3) is 0.333. The minimum atomic E-state index is -1.11. The van der Waals surface area contributed by atoms with Crippen LogP contribution in [0.3, 0.4) is 0 Å². The number of carbonyl (C=O) groups excluding carboxylic acids is 1. The molecule has 0 unspecified atom stereocenters. The van der Waals surface area contributed by atoms with E-state index in [4.69, 9.17) is 9.84 Å². The summed E-state index contributed by atoms with van der Waals surface area (Å²) in [5.41, 5.74) is 1.12. The third-order valence-electron chi connectivity index (χ3n) is 3.56. The molecule has 23 heavy (non-hydrogen) atoms. The van der Waals surface area contributed by atoms with Crippen molar-refractivity contribution in [1.29, 1.82) is 0 Å². The number of rotatable bonds is 4. The molecule has 1 saturated heterocycles. The average molecular weight is 333 g/mol. The van der Waals surface area contributed by atoms with E-state index in [0.717, 1.165) is 12.8 Å². The Balaban J connectivity index is 1.73. The summed E-state index contributed by atoms with van der Waals surface area (Å²) in [7, 11) is 0. The van der Waals surface area contributed by atoms with Gasteiger partial charge in [0.1, 0.15) is 6.33 Å². The predicted octanol–water partition coefficient (Wildman–Crippen LogP) is 1.81. The first-order valence-corrected chi connectivity index (χ1v) is 8.04. The van der Waals surface area contributed by atoms with Crippen molar-refractivity contribution in [2.75, 3.05) is 13.2 Å². The molecule has 0 spiro atoms. The number of nitrogens with one attached hydrogen (secondary N) is 1. The van der Waals surface area contributed by atoms with E-state index >= 15 is 0 Å². The molecule has 1 amide bonds. The number of hydrogen-bond donors (Lipinski definition) is 2. The first-order valence-electron chi connectivity index (χ1n) is 7.16. The second-order valence-corrected chi connectivity index (χ2v) is 6.06. The summed E-state index contributed by atoms with van der Waals surface area (Å²) in [6, 6.07) is 3.25. The van der Waals surface area contributed by atoms with Crippen LogP contribution in [0.15, 0.2) is 23.8 Å². The molecule has 8 heteroatoms. The van der Waals surface area contributed by atoms with Crippen molar-refractivity contribution < 1.29 is 19.4 Å². The lowest BCUT2D eigenvalue weighted by molar-refractivity contribution is 0.0685. The van der Waals surface area contributed by atoms with Gasteiger partial charge in [-0.2, -0.15) is 0 Å². The molecule has 0 saturated carbocycles. The quantitative estimate of drug-likeness (QED) is 0.885. The monoisotopic (exact) mass is 333 g/mol. The Bertz CT molecular complexity index is 725. The summed E-state index contributed by atoms with van der Waals surface area (Å²) in [6.07, 6.45) is 2.84. The fourth-order valence-corrected chi connectivity index (χ4v) is 3.12. The van der Waals surface area contributed by atoms with Gasteiger partial charge in [0.05, 0.1) is 10.6 Å². The number of nitrogens with zero attached hydrogens (tertiary/aromatic N) is 2. The van der Waals surface area contributed by atoms with E-state index in [2.05, 4.69) is 15.3 Å². The first kappa shape index (κ1) is 15.6. The van der Waals surface area contributed by atoms with Crippen molar-refractivity contribution in [2.24, 2.45) is 0 Å². The normalized spacial score (nSPS) is 15.3. The first-order chi connectivity index (χ1) is 11.1. The van der Waals surface area contributed by atoms with E-state index in [0.29, 0.717) is 29.3 Å². The van der Waals surface area contributed by atoms with Gasteiger partial charge in [-0.1, -0.05) is 0 Å². The standard InChI is InChI=1S/C15H15N3O4S/c19-14(18-10-1-3-22-4-2-10)13-5-9(7-23-13)11-6-12(15(20)21)17-8-16-11/h5-8,10H,1-4H2,(H,18,19)(H,20,21). The Hall–Kier alpha value is -2.32. The smallest absolute Gasteiger partial charge is 0.354 e. The van der Waals surface area contributed by atoms with Crippen molar-refractivity contribution in [3.05, 3.63) is 34.4 Å². The SMILES string of the molecule is O=C(O)c1cc(-c2csc(C(=O)NC3CCOCC3)c2)ncn1. The number of amides is 1. The van der Waals surface area contributed by atoms with Gasteiger partial charge >= 0.3 is 5.97 Å². The lowest BCUT2D eigenvalue weighted by atomic mass is 10.1. The van der Waals surface area contributed by atoms with Crippen LogP contribution in [0.25, 0.3) is 11.3 Å². The van der Waals surface area contributed by atoms with Crippen LogP contribution in [0, 0.1) is 0 Å². The summed E-state index contributed by atoms with van der Waals surface area (Å²) in [5, 5.41) is 13.7. The lowest BCUT2D eigenvalue weighted by Crippen LogP contribution is -2.38. The maximum absolute atomic E-state index is 12.3. The summed E-state index contributed by atoms with van der Waals surface area (Å²) in [6.45, 7) is 1.33. The maximum atomic E-state index is 12.3. The molecule has 3 rings (SSSR count). The number of thiophene rings is 1. The zero-order chi connectivity index (χ0) is 16.2. The lowest BCUT2D eigenvalue weighted by Gasteiger charge is -2.22. The second kappa shape index (κ2) is 6.84. The van der Waals surface area contributed by atoms with Gasteiger partial charge in [-0.05, 0) is 25.0 Å². The second-order valence-electron chi connectivity index (χ2n) is 5.15. The molecule has 120 valence electrons. The van der Waals surface area contributed by atoms with Crippen molar-refractivity contribution in [3.63, 3.8) is 0 Å². The molecule has 2 aromatic rings. The van der Waals surface area contributed by atoms with E-state index in [1.165, 1.54) is 23.7 Å². The van der Waals surface area contributed by atoms with Crippen molar-refractivity contribution in [1.82, 2.24) is 15.3 Å². The number of carboxylic acid groups (broad SMARTS) is 1. The Kier molecular flexibility index (Phi) is 4.63. The van der Waals surface area contributed by atoms with Crippen LogP contribution in [-0.2, 0) is 4.74 Å². The number of aromatic nitrogens is 2. The zero-order valence-corrected chi connectivity index (χ0v) is 13.0. The number of carboxylic acids is 1. The topological polar surface area (TPSA) is 101 Å². The Morgan fingerprint density at radius 3 is 2.78 bits per heavy atom. The van der Waals surface area contributed by atoms with Gasteiger partial charge in [0.15, 0.2) is 5.69 Å². The zero-order valence-electron chi connectivity index (χ0n) is 12.2. The highest BCUT2D eigenvalue weighted by atomic mass is 32.1. The number of ether oxygens (including phenoxy) is 1. The van der Waals surface area contributed by atoms with Crippen LogP contribution in [0.5, 0.6) is 0 Å². The van der Waals surface area contributed by atoms with Crippen molar-refractivity contribution in [2.45, 2.75) is 18.9 Å². The van der Waals surface area contributed by atoms with Gasteiger partial charge in [0.2, 0.25) is 0 Å². The highest BCUT2D eigenvalue weighted by Crippen LogP contribution is 2.24. The molecule has 3 heterocycles. The van der Waals surface area contributed by atoms with E-state index in [1.54, 1.807) is 11.4 Å². The third-order valence-corrected chi connectivity index (χ3v) is 4.49. The highest BCUT2D eigenvalue weighted by Gasteiger charge is 2.18. The summed E-state index contributed by atoms with van der Waals surface area (Å²) in [4.78, 5) is 31.5. The minimum absolute atomic E-state index is 0.0746. The van der Waals surface area contributed by atoms with E-state index in [9.17, 15) is 9.59 Å². The molecule has 2 N–H and O–H groups in total. The summed E-state index contributed by atoms with van der Waals surface area (Å²) < 4.78 is 5.27. The minimum Gasteiger partial charge on any atom is -0.477 e. The third kappa shape index (κ3) is 3.72. The Labute approximate surface area is 136 Å². The van der Waals surface area contributed by atoms with Crippen LogP contribution in [0.2, 0.25) is 0 Å². The maximum Gasteiger partial charge on any atom is 0.354 e. The fourth-order valence-electron chi connectivity index (χ4n) is 2.32. The van der Waals surface area contributed by atoms with Crippen molar-refractivity contribution >= 4 is 23.2 Å². The number of carbonyl (C=O) groups is 2. The Morgan fingerprint density at radius 2 is 2.04 bits per heavy atom. The molecule has 0 aromatic carbocycles. The van der Waals surface area contributed by atoms with Gasteiger partial charge in [0.25, 0.3) is 5.91 Å². The highest BCUT2D eigenvalue weighted by molar-refractivity contribution is 7.12. The van der Waals surface area contributed by atoms with Crippen molar-refractivity contribution in [3.8, 4) is 11.3 Å². The molecule has 2 aromatic heterocycles. The van der Waals surface area contributed by atoms with Crippen LogP contribution in [-0.4, -0.2) is 46.2 Å². The van der Waals surface area contributed by atoms with E-state index < -0.39 is 5.97 Å². The molecule has 0 bridgehead atoms. The molecule has 0 radical (unpaired) electrons. The van der Waals surface area contributed by atoms with Crippen LogP contribution >= 0.6 is 11.3 Å². The molecular formula is C15H15N3O4S. The number of hydrogen-bond acceptors (Lipinski definition) is 6. The predicted molar refractivity (Wildman–Crippen MR) is 83.6 cm³/mol. The summed E-state index contributed by atoms with van der Waals surface area (Å²) in [5.74, 6) is -1.23. The van der Waals surface area contributed by atoms with Crippen LogP contribution in [0.1, 0.15) is 33.0 Å². The molecule has 7 nitrogen and oxygen atoms in total. The summed E-state index contributed by atoms with van der Waals surface area (Å²) >= 11 is 1.30. The van der Waals surface area contributed by atoms with Gasteiger partial charge in [0, 0.05) is 30.2 Å². The van der Waals surface area contributed by atoms with Gasteiger partial charge in [-0.25, -0.2) is 14.8 Å². The van der Waals surface area contributed by atoms with Gasteiger partial charge in [-0.3, -0.25) is 4.79 Å². The number of aromatic carboxylic acids is 1. The molecular weight excluding hydrogens is 318 g/mol. The largest absolute Gasteiger partial charge is 0.477 e. The van der Waals surface area contributed by atoms with E-state index in [1.807, 2.05) is 0 Å². The molecule has 0 atom stereocenters. The van der Waals surface area contributed by atoms with Crippen LogP contribution < -0.4 is 5.32 Å². The molecule has 0 aliphatic carbocycles. The van der Waals surface area contributed by atoms with Gasteiger partial charge < -0.3 is 15.2 Å². The average Bonchev–Trinajstić information content (AvgIpc) is 3.06. The molecule has 1 fully saturated rings. The molecule has 1 aliphatic heterocycles. The molecule has 1 aliphatic rings. The van der Waals surface area contributed by atoms with E-state index in [-0.39, 0.29) is 17.6 Å². The van der Waals surface area contributed by atoms with Crippen LogP contribution in [0.4, 0.5) is 0 Å². The Morgan fingerprint density at radius 1 is 1.26 bits per heavy atom.